The molecule has 5 nitrogen and oxygen atoms in total. The lowest BCUT2D eigenvalue weighted by molar-refractivity contribution is -0.125. The van der Waals surface area contributed by atoms with E-state index in [1.807, 2.05) is 0 Å². The highest BCUT2D eigenvalue weighted by Crippen LogP contribution is 2.38. The van der Waals surface area contributed by atoms with Gasteiger partial charge in [-0.3, -0.25) is 9.69 Å². The van der Waals surface area contributed by atoms with Crippen LogP contribution in [-0.4, -0.2) is 42.5 Å². The van der Waals surface area contributed by atoms with Gasteiger partial charge in [0.2, 0.25) is 5.91 Å². The molecule has 114 valence electrons. The predicted octanol–water partition coefficient (Wildman–Crippen LogP) is 1.73. The summed E-state index contributed by atoms with van der Waals surface area (Å²) in [6, 6.07) is 0.328. The molecule has 0 aromatic carbocycles. The Bertz CT molecular complexity index is 365. The van der Waals surface area contributed by atoms with Crippen LogP contribution >= 0.6 is 0 Å². The lowest BCUT2D eigenvalue weighted by atomic mass is 9.70. The van der Waals surface area contributed by atoms with Crippen LogP contribution in [0.5, 0.6) is 0 Å². The third kappa shape index (κ3) is 3.72. The second-order valence-corrected chi connectivity index (χ2v) is 7.00. The maximum Gasteiger partial charge on any atom is 0.324 e. The summed E-state index contributed by atoms with van der Waals surface area (Å²) in [7, 11) is 0. The van der Waals surface area contributed by atoms with E-state index in [0.29, 0.717) is 23.9 Å². The van der Waals surface area contributed by atoms with Gasteiger partial charge < -0.3 is 10.6 Å². The van der Waals surface area contributed by atoms with E-state index in [1.54, 1.807) is 0 Å². The first-order valence-electron chi connectivity index (χ1n) is 7.71. The number of imide groups is 1. The van der Waals surface area contributed by atoms with Crippen LogP contribution in [0, 0.1) is 11.3 Å². The van der Waals surface area contributed by atoms with Crippen molar-refractivity contribution in [2.75, 3.05) is 19.6 Å². The molecule has 2 N–H and O–H groups in total. The molecule has 2 fully saturated rings. The molecule has 0 spiro atoms. The van der Waals surface area contributed by atoms with Gasteiger partial charge in [-0.05, 0) is 43.6 Å². The van der Waals surface area contributed by atoms with Crippen molar-refractivity contribution >= 4 is 11.9 Å². The van der Waals surface area contributed by atoms with Crippen molar-refractivity contribution in [3.8, 4) is 0 Å². The minimum absolute atomic E-state index is 0.109. The Morgan fingerprint density at radius 2 is 2.15 bits per heavy atom. The quantitative estimate of drug-likeness (QED) is 0.596. The first kappa shape index (κ1) is 15.3. The number of rotatable bonds is 5. The Balaban J connectivity index is 1.66. The van der Waals surface area contributed by atoms with Crippen molar-refractivity contribution in [2.24, 2.45) is 11.3 Å². The molecular formula is C15H27N3O2. The number of nitrogens with zero attached hydrogens (tertiary/aromatic N) is 1. The molecule has 1 aliphatic carbocycles. The smallest absolute Gasteiger partial charge is 0.324 e. The monoisotopic (exact) mass is 281 g/mol. The first-order valence-corrected chi connectivity index (χ1v) is 7.71. The standard InChI is InChI=1S/C15H27N3O2/c1-11-9-15(2,3)6-5-12(11)16-7-4-8-18-13(19)10-17-14(18)20/h11-12,16H,4-10H2,1-3H3,(H,17,20)/t11-,12-/m0/s1. The summed E-state index contributed by atoms with van der Waals surface area (Å²) in [5, 5.41) is 6.14. The summed E-state index contributed by atoms with van der Waals surface area (Å²) in [4.78, 5) is 24.1. The Morgan fingerprint density at radius 3 is 2.75 bits per heavy atom. The van der Waals surface area contributed by atoms with Gasteiger partial charge in [-0.15, -0.1) is 0 Å². The van der Waals surface area contributed by atoms with Gasteiger partial charge in [0, 0.05) is 12.6 Å². The van der Waals surface area contributed by atoms with Crippen molar-refractivity contribution in [3.63, 3.8) is 0 Å². The zero-order valence-corrected chi connectivity index (χ0v) is 12.9. The van der Waals surface area contributed by atoms with Gasteiger partial charge in [0.1, 0.15) is 0 Å². The fourth-order valence-electron chi connectivity index (χ4n) is 3.46. The van der Waals surface area contributed by atoms with Gasteiger partial charge in [0.15, 0.2) is 0 Å². The molecule has 2 aliphatic rings. The lowest BCUT2D eigenvalue weighted by Crippen LogP contribution is -2.42. The van der Waals surface area contributed by atoms with Gasteiger partial charge in [-0.25, -0.2) is 4.79 Å². The number of hydrogen-bond acceptors (Lipinski definition) is 3. The van der Waals surface area contributed by atoms with Gasteiger partial charge in [0.25, 0.3) is 0 Å². The SMILES string of the molecule is C[C@H]1CC(C)(C)CC[C@@H]1NCCCN1C(=O)CNC1=O. The molecule has 0 aromatic rings. The zero-order valence-electron chi connectivity index (χ0n) is 12.9. The summed E-state index contributed by atoms with van der Waals surface area (Å²) < 4.78 is 0. The van der Waals surface area contributed by atoms with Crippen molar-refractivity contribution in [3.05, 3.63) is 0 Å². The zero-order chi connectivity index (χ0) is 14.8. The topological polar surface area (TPSA) is 61.4 Å². The third-order valence-corrected chi connectivity index (χ3v) is 4.60. The number of carbonyl (C=O) groups excluding carboxylic acids is 2. The van der Waals surface area contributed by atoms with E-state index in [1.165, 1.54) is 24.2 Å². The highest BCUT2D eigenvalue weighted by atomic mass is 16.2. The lowest BCUT2D eigenvalue weighted by Gasteiger charge is -2.39. The van der Waals surface area contributed by atoms with E-state index >= 15 is 0 Å². The summed E-state index contributed by atoms with van der Waals surface area (Å²) in [5.41, 5.74) is 0.470. The average molecular weight is 281 g/mol. The average Bonchev–Trinajstić information content (AvgIpc) is 2.67. The molecule has 0 aromatic heterocycles. The van der Waals surface area contributed by atoms with E-state index in [2.05, 4.69) is 31.4 Å². The Hall–Kier alpha value is -1.10. The Morgan fingerprint density at radius 1 is 1.40 bits per heavy atom. The van der Waals surface area contributed by atoms with Crippen LogP contribution < -0.4 is 10.6 Å². The number of hydrogen-bond donors (Lipinski definition) is 2. The van der Waals surface area contributed by atoms with Crippen LogP contribution in [0.25, 0.3) is 0 Å². The minimum atomic E-state index is -0.247. The summed E-state index contributed by atoms with van der Waals surface area (Å²) in [6.45, 7) is 8.54. The minimum Gasteiger partial charge on any atom is -0.329 e. The van der Waals surface area contributed by atoms with Crippen LogP contribution in [0.1, 0.15) is 46.5 Å². The number of carbonyl (C=O) groups is 2. The summed E-state index contributed by atoms with van der Waals surface area (Å²) in [6.07, 6.45) is 4.57. The maximum atomic E-state index is 11.4. The Kier molecular flexibility index (Phi) is 4.68. The fraction of sp³-hybridized carbons (Fsp3) is 0.867. The molecule has 0 radical (unpaired) electrons. The molecule has 0 bridgehead atoms. The molecule has 1 saturated heterocycles. The highest BCUT2D eigenvalue weighted by Gasteiger charge is 2.32. The molecule has 2 rings (SSSR count). The highest BCUT2D eigenvalue weighted by molar-refractivity contribution is 6.01. The van der Waals surface area contributed by atoms with Crippen molar-refractivity contribution in [1.82, 2.24) is 15.5 Å². The number of urea groups is 1. The van der Waals surface area contributed by atoms with Crippen LogP contribution in [0.3, 0.4) is 0 Å². The second kappa shape index (κ2) is 6.12. The molecule has 3 amide bonds. The number of amides is 3. The molecular weight excluding hydrogens is 254 g/mol. The van der Waals surface area contributed by atoms with Gasteiger partial charge >= 0.3 is 6.03 Å². The van der Waals surface area contributed by atoms with E-state index in [9.17, 15) is 9.59 Å². The van der Waals surface area contributed by atoms with E-state index in [-0.39, 0.29) is 18.5 Å². The summed E-state index contributed by atoms with van der Waals surface area (Å²) in [5.74, 6) is 0.582. The van der Waals surface area contributed by atoms with Gasteiger partial charge in [-0.2, -0.15) is 0 Å². The molecule has 20 heavy (non-hydrogen) atoms. The van der Waals surface area contributed by atoms with Gasteiger partial charge in [-0.1, -0.05) is 20.8 Å². The van der Waals surface area contributed by atoms with E-state index in [4.69, 9.17) is 0 Å². The van der Waals surface area contributed by atoms with Crippen LogP contribution in [0.4, 0.5) is 4.79 Å². The molecule has 1 aliphatic heterocycles. The largest absolute Gasteiger partial charge is 0.329 e. The van der Waals surface area contributed by atoms with Crippen molar-refractivity contribution < 1.29 is 9.59 Å². The van der Waals surface area contributed by atoms with Crippen molar-refractivity contribution in [2.45, 2.75) is 52.5 Å². The normalized spacial score (nSPS) is 29.6. The van der Waals surface area contributed by atoms with E-state index in [0.717, 1.165) is 13.0 Å². The molecule has 1 heterocycles. The molecule has 0 unspecified atom stereocenters. The second-order valence-electron chi connectivity index (χ2n) is 7.00. The summed E-state index contributed by atoms with van der Waals surface area (Å²) >= 11 is 0. The van der Waals surface area contributed by atoms with Crippen LogP contribution in [0.2, 0.25) is 0 Å². The molecule has 2 atom stereocenters. The van der Waals surface area contributed by atoms with Crippen LogP contribution in [-0.2, 0) is 4.79 Å². The molecule has 5 heteroatoms. The van der Waals surface area contributed by atoms with Crippen molar-refractivity contribution in [1.29, 1.82) is 0 Å². The Labute approximate surface area is 121 Å². The fourth-order valence-corrected chi connectivity index (χ4v) is 3.46. The first-order chi connectivity index (χ1) is 9.39. The third-order valence-electron chi connectivity index (χ3n) is 4.60. The van der Waals surface area contributed by atoms with E-state index < -0.39 is 0 Å². The molecule has 1 saturated carbocycles. The maximum absolute atomic E-state index is 11.4. The number of nitrogens with one attached hydrogen (secondary N) is 2. The van der Waals surface area contributed by atoms with Crippen LogP contribution in [0.15, 0.2) is 0 Å². The van der Waals surface area contributed by atoms with Gasteiger partial charge in [0.05, 0.1) is 6.54 Å². The predicted molar refractivity (Wildman–Crippen MR) is 78.3 cm³/mol.